The van der Waals surface area contributed by atoms with Gasteiger partial charge in [0, 0.05) is 22.1 Å². The Balaban J connectivity index is 1.63. The van der Waals surface area contributed by atoms with Crippen LogP contribution in [0.5, 0.6) is 0 Å². The number of fused-ring (bicyclic) bond motifs is 6. The van der Waals surface area contributed by atoms with Crippen molar-refractivity contribution in [1.82, 2.24) is 0 Å². The van der Waals surface area contributed by atoms with Crippen LogP contribution in [-0.2, 0) is 0 Å². The summed E-state index contributed by atoms with van der Waals surface area (Å²) in [4.78, 5) is 0. The third-order valence-corrected chi connectivity index (χ3v) is 6.31. The van der Waals surface area contributed by atoms with Crippen molar-refractivity contribution in [2.24, 2.45) is 0 Å². The number of hydrogen-bond donors (Lipinski definition) is 4. The van der Waals surface area contributed by atoms with Crippen molar-refractivity contribution in [1.29, 1.82) is 0 Å². The molecule has 6 rings (SSSR count). The van der Waals surface area contributed by atoms with Gasteiger partial charge in [-0.2, -0.15) is 0 Å². The van der Waals surface area contributed by atoms with Crippen LogP contribution in [0.1, 0.15) is 11.1 Å². The molecule has 0 aliphatic carbocycles. The van der Waals surface area contributed by atoms with E-state index in [1.54, 1.807) is 0 Å². The summed E-state index contributed by atoms with van der Waals surface area (Å²) in [7, 11) is 0. The molecule has 2 aromatic heterocycles. The Morgan fingerprint density at radius 2 is 1.25 bits per heavy atom. The molecule has 0 atom stereocenters. The van der Waals surface area contributed by atoms with Gasteiger partial charge in [0.25, 0.3) is 0 Å². The second kappa shape index (κ2) is 6.34. The Kier molecular flexibility index (Phi) is 3.66. The zero-order valence-corrected chi connectivity index (χ0v) is 17.7. The Hall–Kier alpha value is -4.32. The molecular weight excluding hydrogens is 400 g/mol. The average Bonchev–Trinajstić information content (AvgIpc) is 3.38. The summed E-state index contributed by atoms with van der Waals surface area (Å²) in [6.45, 7) is 3.93. The van der Waals surface area contributed by atoms with Crippen LogP contribution in [0.3, 0.4) is 0 Å². The number of furan rings is 2. The first-order valence-corrected chi connectivity index (χ1v) is 10.4. The SMILES string of the molecule is Cc1cc(Nc2c(C)c(N)c3c(oc4ccccc43)c2N)c2oc3ccccc3c2c1N. The van der Waals surface area contributed by atoms with Crippen LogP contribution in [0.25, 0.3) is 43.9 Å². The maximum absolute atomic E-state index is 6.62. The lowest BCUT2D eigenvalue weighted by molar-refractivity contribution is 0.669. The predicted molar refractivity (Wildman–Crippen MR) is 133 cm³/mol. The van der Waals surface area contributed by atoms with Crippen LogP contribution in [0.4, 0.5) is 28.4 Å². The van der Waals surface area contributed by atoms with E-state index in [9.17, 15) is 0 Å². The van der Waals surface area contributed by atoms with Gasteiger partial charge in [-0.25, -0.2) is 0 Å². The van der Waals surface area contributed by atoms with Gasteiger partial charge in [0.15, 0.2) is 11.2 Å². The Morgan fingerprint density at radius 1 is 0.688 bits per heavy atom. The van der Waals surface area contributed by atoms with Crippen molar-refractivity contribution in [3.63, 3.8) is 0 Å². The van der Waals surface area contributed by atoms with Crippen molar-refractivity contribution in [2.45, 2.75) is 13.8 Å². The molecular formula is C26H22N4O2. The maximum atomic E-state index is 6.62. The Labute approximate surface area is 183 Å². The van der Waals surface area contributed by atoms with Gasteiger partial charge < -0.3 is 31.4 Å². The second-order valence-electron chi connectivity index (χ2n) is 8.21. The molecule has 0 saturated heterocycles. The van der Waals surface area contributed by atoms with Gasteiger partial charge >= 0.3 is 0 Å². The zero-order chi connectivity index (χ0) is 22.1. The van der Waals surface area contributed by atoms with E-state index in [-0.39, 0.29) is 0 Å². The number of hydrogen-bond acceptors (Lipinski definition) is 6. The number of nitrogens with one attached hydrogen (secondary N) is 1. The number of nitrogen functional groups attached to an aromatic ring is 3. The highest BCUT2D eigenvalue weighted by atomic mass is 16.3. The van der Waals surface area contributed by atoms with Crippen molar-refractivity contribution >= 4 is 72.3 Å². The molecule has 0 aliphatic heterocycles. The molecule has 158 valence electrons. The van der Waals surface area contributed by atoms with E-state index in [1.807, 2.05) is 68.4 Å². The first-order chi connectivity index (χ1) is 15.5. The number of benzene rings is 4. The molecule has 0 fully saturated rings. The van der Waals surface area contributed by atoms with Gasteiger partial charge in [-0.3, -0.25) is 0 Å². The van der Waals surface area contributed by atoms with Crippen LogP contribution in [-0.4, -0.2) is 0 Å². The minimum atomic E-state index is 0.502. The first-order valence-electron chi connectivity index (χ1n) is 10.4. The molecule has 6 nitrogen and oxygen atoms in total. The maximum Gasteiger partial charge on any atom is 0.162 e. The lowest BCUT2D eigenvalue weighted by atomic mass is 10.0. The summed E-state index contributed by atoms with van der Waals surface area (Å²) in [6.07, 6.45) is 0. The summed E-state index contributed by atoms with van der Waals surface area (Å²) in [5, 5.41) is 7.12. The molecule has 6 aromatic rings. The van der Waals surface area contributed by atoms with Crippen molar-refractivity contribution < 1.29 is 8.83 Å². The fraction of sp³-hybridized carbons (Fsp3) is 0.0769. The highest BCUT2D eigenvalue weighted by Gasteiger charge is 2.22. The molecule has 0 saturated carbocycles. The van der Waals surface area contributed by atoms with E-state index in [4.69, 9.17) is 26.0 Å². The Bertz CT molecular complexity index is 1710. The van der Waals surface area contributed by atoms with Crippen molar-refractivity contribution in [2.75, 3.05) is 22.5 Å². The number of para-hydroxylation sites is 2. The predicted octanol–water partition coefficient (Wildman–Crippen LogP) is 6.59. The fourth-order valence-electron chi connectivity index (χ4n) is 4.59. The highest BCUT2D eigenvalue weighted by Crippen LogP contribution is 2.46. The molecule has 0 bridgehead atoms. The van der Waals surface area contributed by atoms with Gasteiger partial charge in [-0.1, -0.05) is 36.4 Å². The van der Waals surface area contributed by atoms with Crippen molar-refractivity contribution in [3.05, 3.63) is 65.7 Å². The minimum Gasteiger partial charge on any atom is -0.454 e. The molecule has 4 aromatic carbocycles. The number of aryl methyl sites for hydroxylation is 1. The van der Waals surface area contributed by atoms with E-state index in [0.717, 1.165) is 49.5 Å². The molecule has 0 spiro atoms. The van der Waals surface area contributed by atoms with E-state index in [1.165, 1.54) is 0 Å². The van der Waals surface area contributed by atoms with Crippen LogP contribution in [0.2, 0.25) is 0 Å². The van der Waals surface area contributed by atoms with E-state index >= 15 is 0 Å². The second-order valence-corrected chi connectivity index (χ2v) is 8.21. The summed E-state index contributed by atoms with van der Waals surface area (Å²) in [5.41, 5.74) is 27.5. The Morgan fingerprint density at radius 3 is 1.91 bits per heavy atom. The molecule has 0 aliphatic rings. The summed E-state index contributed by atoms with van der Waals surface area (Å²) in [5.74, 6) is 0. The van der Waals surface area contributed by atoms with Crippen LogP contribution < -0.4 is 22.5 Å². The lowest BCUT2D eigenvalue weighted by Crippen LogP contribution is -2.04. The van der Waals surface area contributed by atoms with E-state index < -0.39 is 0 Å². The monoisotopic (exact) mass is 422 g/mol. The van der Waals surface area contributed by atoms with Crippen LogP contribution >= 0.6 is 0 Å². The highest BCUT2D eigenvalue weighted by molar-refractivity contribution is 6.19. The normalized spacial score (nSPS) is 11.8. The van der Waals surface area contributed by atoms with Gasteiger partial charge in [0.2, 0.25) is 0 Å². The van der Waals surface area contributed by atoms with Gasteiger partial charge in [-0.15, -0.1) is 0 Å². The number of rotatable bonds is 2. The summed E-state index contributed by atoms with van der Waals surface area (Å²) < 4.78 is 12.3. The average molecular weight is 422 g/mol. The largest absolute Gasteiger partial charge is 0.454 e. The molecule has 6 heteroatoms. The standard InChI is InChI=1S/C26H22N4O2/c1-12-11-16(25-19(21(12)27)14-7-3-5-9-17(14)31-25)30-24-13(2)22(28)20-15-8-4-6-10-18(15)32-26(20)23(24)29/h3-11,30H,27-29H2,1-2H3. The number of anilines is 5. The van der Waals surface area contributed by atoms with Crippen LogP contribution in [0, 0.1) is 13.8 Å². The van der Waals surface area contributed by atoms with Gasteiger partial charge in [-0.05, 0) is 43.2 Å². The topological polar surface area (TPSA) is 116 Å². The number of nitrogens with two attached hydrogens (primary N) is 3. The lowest BCUT2D eigenvalue weighted by Gasteiger charge is -2.16. The third-order valence-electron chi connectivity index (χ3n) is 6.31. The fourth-order valence-corrected chi connectivity index (χ4v) is 4.59. The summed E-state index contributed by atoms with van der Waals surface area (Å²) >= 11 is 0. The molecule has 2 heterocycles. The smallest absolute Gasteiger partial charge is 0.162 e. The molecule has 32 heavy (non-hydrogen) atoms. The van der Waals surface area contributed by atoms with Gasteiger partial charge in [0.05, 0.1) is 27.8 Å². The third kappa shape index (κ3) is 2.34. The quantitative estimate of drug-likeness (QED) is 0.234. The van der Waals surface area contributed by atoms with Gasteiger partial charge in [0.1, 0.15) is 11.2 Å². The summed E-state index contributed by atoms with van der Waals surface area (Å²) in [6, 6.07) is 17.6. The zero-order valence-electron chi connectivity index (χ0n) is 17.7. The minimum absolute atomic E-state index is 0.502. The van der Waals surface area contributed by atoms with Crippen molar-refractivity contribution in [3.8, 4) is 0 Å². The first kappa shape index (κ1) is 18.4. The van der Waals surface area contributed by atoms with E-state index in [2.05, 4.69) is 5.32 Å². The molecule has 0 amide bonds. The molecule has 7 N–H and O–H groups in total. The van der Waals surface area contributed by atoms with Crippen LogP contribution in [0.15, 0.2) is 63.4 Å². The molecule has 0 unspecified atom stereocenters. The molecule has 0 radical (unpaired) electrons. The van der Waals surface area contributed by atoms with E-state index in [0.29, 0.717) is 33.9 Å².